The predicted molar refractivity (Wildman–Crippen MR) is 107 cm³/mol. The van der Waals surface area contributed by atoms with E-state index in [0.717, 1.165) is 5.69 Å². The van der Waals surface area contributed by atoms with Gasteiger partial charge in [0.2, 0.25) is 17.7 Å². The number of hydrogen-bond acceptors (Lipinski definition) is 5. The fraction of sp³-hybridized carbons (Fsp3) is 0.150. The summed E-state index contributed by atoms with van der Waals surface area (Å²) in [4.78, 5) is 42.0. The number of amides is 3. The van der Waals surface area contributed by atoms with E-state index in [0.29, 0.717) is 17.2 Å². The number of nitrogens with one attached hydrogen (secondary N) is 2. The van der Waals surface area contributed by atoms with Gasteiger partial charge in [-0.1, -0.05) is 12.1 Å². The van der Waals surface area contributed by atoms with Crippen molar-refractivity contribution in [3.05, 3.63) is 61.1 Å². The monoisotopic (exact) mass is 390 g/mol. The molecule has 2 N–H and O–H groups in total. The van der Waals surface area contributed by atoms with Gasteiger partial charge in [-0.05, 0) is 24.3 Å². The topological polar surface area (TPSA) is 109 Å². The van der Waals surface area contributed by atoms with Crippen LogP contribution in [0.15, 0.2) is 61.1 Å². The van der Waals surface area contributed by atoms with Gasteiger partial charge in [-0.2, -0.15) is 5.10 Å². The standard InChI is InChI=1S/C20H18N6O3/c27-18(23-17-9-12-26(24-17)14-7-10-21-11-8-14)5-6-20(29)25-13-19(28)22-15-3-1-2-4-16(15)25/h1-4,7-12H,5-6,13H2,(H,22,28)(H,23,24,27). The number of nitrogens with zero attached hydrogens (tertiary/aromatic N) is 4. The second-order valence-corrected chi connectivity index (χ2v) is 6.44. The summed E-state index contributed by atoms with van der Waals surface area (Å²) in [6.45, 7) is -0.0617. The van der Waals surface area contributed by atoms with Crippen LogP contribution >= 0.6 is 0 Å². The third kappa shape index (κ3) is 4.13. The van der Waals surface area contributed by atoms with Crippen LogP contribution < -0.4 is 15.5 Å². The molecule has 0 bridgehead atoms. The molecule has 29 heavy (non-hydrogen) atoms. The zero-order chi connectivity index (χ0) is 20.2. The number of pyridine rings is 1. The van der Waals surface area contributed by atoms with Gasteiger partial charge in [0.15, 0.2) is 5.82 Å². The minimum absolute atomic E-state index is 0.0127. The number of fused-ring (bicyclic) bond motifs is 1. The van der Waals surface area contributed by atoms with Gasteiger partial charge in [0.05, 0.1) is 17.1 Å². The smallest absolute Gasteiger partial charge is 0.244 e. The zero-order valence-corrected chi connectivity index (χ0v) is 15.4. The second kappa shape index (κ2) is 7.93. The van der Waals surface area contributed by atoms with Crippen LogP contribution in [0.5, 0.6) is 0 Å². The van der Waals surface area contributed by atoms with Crippen molar-refractivity contribution in [2.24, 2.45) is 0 Å². The summed E-state index contributed by atoms with van der Waals surface area (Å²) in [5, 5.41) is 9.70. The third-order valence-corrected chi connectivity index (χ3v) is 4.42. The largest absolute Gasteiger partial charge is 0.323 e. The summed E-state index contributed by atoms with van der Waals surface area (Å²) in [5.41, 5.74) is 2.04. The highest BCUT2D eigenvalue weighted by atomic mass is 16.2. The Morgan fingerprint density at radius 3 is 2.69 bits per heavy atom. The van der Waals surface area contributed by atoms with E-state index in [1.54, 1.807) is 65.7 Å². The van der Waals surface area contributed by atoms with Gasteiger partial charge in [0, 0.05) is 37.5 Å². The number of benzene rings is 1. The van der Waals surface area contributed by atoms with Gasteiger partial charge < -0.3 is 15.5 Å². The molecule has 0 radical (unpaired) electrons. The van der Waals surface area contributed by atoms with Gasteiger partial charge >= 0.3 is 0 Å². The lowest BCUT2D eigenvalue weighted by molar-refractivity contribution is -0.124. The summed E-state index contributed by atoms with van der Waals surface area (Å²) in [7, 11) is 0. The summed E-state index contributed by atoms with van der Waals surface area (Å²) in [6, 6.07) is 12.3. The normalized spacial score (nSPS) is 12.8. The lowest BCUT2D eigenvalue weighted by atomic mass is 10.1. The molecule has 3 aromatic rings. The maximum Gasteiger partial charge on any atom is 0.244 e. The van der Waals surface area contributed by atoms with Crippen molar-refractivity contribution in [1.82, 2.24) is 14.8 Å². The van der Waals surface area contributed by atoms with E-state index >= 15 is 0 Å². The van der Waals surface area contributed by atoms with Crippen molar-refractivity contribution in [2.75, 3.05) is 22.1 Å². The van der Waals surface area contributed by atoms with Crippen LogP contribution in [0.2, 0.25) is 0 Å². The van der Waals surface area contributed by atoms with Gasteiger partial charge in [-0.15, -0.1) is 0 Å². The van der Waals surface area contributed by atoms with Gasteiger partial charge in [0.25, 0.3) is 0 Å². The number of carbonyl (C=O) groups excluding carboxylic acids is 3. The van der Waals surface area contributed by atoms with Gasteiger partial charge in [0.1, 0.15) is 6.54 Å². The summed E-state index contributed by atoms with van der Waals surface area (Å²) in [5.74, 6) is -0.483. The number of anilines is 3. The molecule has 1 aliphatic rings. The zero-order valence-electron chi connectivity index (χ0n) is 15.4. The second-order valence-electron chi connectivity index (χ2n) is 6.44. The van der Waals surface area contributed by atoms with E-state index in [9.17, 15) is 14.4 Å². The van der Waals surface area contributed by atoms with Gasteiger partial charge in [-0.3, -0.25) is 19.4 Å². The van der Waals surface area contributed by atoms with E-state index in [4.69, 9.17) is 0 Å². The summed E-state index contributed by atoms with van der Waals surface area (Å²) in [6.07, 6.45) is 5.00. The molecule has 0 aliphatic carbocycles. The Labute approximate surface area is 166 Å². The highest BCUT2D eigenvalue weighted by molar-refractivity contribution is 6.10. The van der Waals surface area contributed by atoms with Crippen LogP contribution in [-0.2, 0) is 14.4 Å². The molecule has 9 heteroatoms. The van der Waals surface area contributed by atoms with Gasteiger partial charge in [-0.25, -0.2) is 4.68 Å². The Kier molecular flexibility index (Phi) is 5.02. The summed E-state index contributed by atoms with van der Waals surface area (Å²) < 4.78 is 1.62. The molecular weight excluding hydrogens is 372 g/mol. The Morgan fingerprint density at radius 1 is 1.07 bits per heavy atom. The number of rotatable bonds is 5. The van der Waals surface area contributed by atoms with Crippen LogP contribution in [0.4, 0.5) is 17.2 Å². The van der Waals surface area contributed by atoms with Crippen molar-refractivity contribution in [1.29, 1.82) is 0 Å². The first-order chi connectivity index (χ1) is 14.1. The van der Waals surface area contributed by atoms with Crippen LogP contribution in [0, 0.1) is 0 Å². The third-order valence-electron chi connectivity index (χ3n) is 4.42. The molecule has 9 nitrogen and oxygen atoms in total. The summed E-state index contributed by atoms with van der Waals surface area (Å²) >= 11 is 0. The first-order valence-corrected chi connectivity index (χ1v) is 9.05. The fourth-order valence-corrected chi connectivity index (χ4v) is 3.05. The lowest BCUT2D eigenvalue weighted by Gasteiger charge is -2.29. The highest BCUT2D eigenvalue weighted by Crippen LogP contribution is 2.29. The number of aromatic nitrogens is 3. The molecule has 0 unspecified atom stereocenters. The quantitative estimate of drug-likeness (QED) is 0.692. The molecule has 0 fully saturated rings. The molecule has 0 atom stereocenters. The molecule has 1 aliphatic heterocycles. The average molecular weight is 390 g/mol. The Morgan fingerprint density at radius 2 is 1.86 bits per heavy atom. The van der Waals surface area contributed by atoms with Crippen molar-refractivity contribution in [3.63, 3.8) is 0 Å². The van der Waals surface area contributed by atoms with E-state index in [-0.39, 0.29) is 37.1 Å². The first-order valence-electron chi connectivity index (χ1n) is 9.05. The van der Waals surface area contributed by atoms with Crippen molar-refractivity contribution in [3.8, 4) is 5.69 Å². The fourth-order valence-electron chi connectivity index (χ4n) is 3.05. The highest BCUT2D eigenvalue weighted by Gasteiger charge is 2.26. The van der Waals surface area contributed by atoms with E-state index in [1.807, 2.05) is 0 Å². The van der Waals surface area contributed by atoms with Crippen LogP contribution in [0.3, 0.4) is 0 Å². The molecule has 4 rings (SSSR count). The van der Waals surface area contributed by atoms with Crippen molar-refractivity contribution in [2.45, 2.75) is 12.8 Å². The number of carbonyl (C=O) groups is 3. The average Bonchev–Trinajstić information content (AvgIpc) is 3.20. The van der Waals surface area contributed by atoms with Crippen LogP contribution in [-0.4, -0.2) is 39.0 Å². The molecule has 0 saturated heterocycles. The molecule has 3 heterocycles. The van der Waals surface area contributed by atoms with E-state index in [1.165, 1.54) is 4.90 Å². The minimum Gasteiger partial charge on any atom is -0.323 e. The number of para-hydroxylation sites is 2. The molecule has 2 aromatic heterocycles. The van der Waals surface area contributed by atoms with Crippen LogP contribution in [0.1, 0.15) is 12.8 Å². The van der Waals surface area contributed by atoms with Crippen molar-refractivity contribution < 1.29 is 14.4 Å². The minimum atomic E-state index is -0.326. The Bertz CT molecular complexity index is 1060. The SMILES string of the molecule is O=C(CCC(=O)N1CC(=O)Nc2ccccc21)Nc1ccn(-c2ccncc2)n1. The van der Waals surface area contributed by atoms with Crippen LogP contribution in [0.25, 0.3) is 5.69 Å². The predicted octanol–water partition coefficient (Wildman–Crippen LogP) is 1.97. The lowest BCUT2D eigenvalue weighted by Crippen LogP contribution is -2.42. The molecule has 0 spiro atoms. The van der Waals surface area contributed by atoms with E-state index < -0.39 is 0 Å². The molecule has 3 amide bonds. The molecular formula is C20H18N6O3. The maximum absolute atomic E-state index is 12.6. The Hall–Kier alpha value is -4.01. The first kappa shape index (κ1) is 18.4. The molecule has 1 aromatic carbocycles. The van der Waals surface area contributed by atoms with Crippen molar-refractivity contribution >= 4 is 34.9 Å². The Balaban J connectivity index is 1.35. The molecule has 146 valence electrons. The maximum atomic E-state index is 12.6. The van der Waals surface area contributed by atoms with E-state index in [2.05, 4.69) is 20.7 Å². The molecule has 0 saturated carbocycles. The number of hydrogen-bond donors (Lipinski definition) is 2.